The smallest absolute Gasteiger partial charge is 0.178 e. The molecular formula is C14H14ClFN2S. The van der Waals surface area contributed by atoms with E-state index in [2.05, 4.69) is 17.1 Å². The summed E-state index contributed by atoms with van der Waals surface area (Å²) in [6.07, 6.45) is 7.75. The molecule has 1 aromatic carbocycles. The first-order chi connectivity index (χ1) is 9.15. The maximum Gasteiger partial charge on any atom is 0.178 e. The lowest BCUT2D eigenvalue weighted by Crippen LogP contribution is -2.12. The normalized spacial score (nSPS) is 19.2. The Balaban J connectivity index is 2.02. The largest absolute Gasteiger partial charge is 0.331 e. The number of aromatic nitrogens is 2. The number of rotatable bonds is 2. The van der Waals surface area contributed by atoms with Crippen LogP contribution in [0.25, 0.3) is 11.0 Å². The number of imidazole rings is 1. The molecule has 19 heavy (non-hydrogen) atoms. The van der Waals surface area contributed by atoms with Crippen LogP contribution < -0.4 is 0 Å². The highest BCUT2D eigenvalue weighted by Crippen LogP contribution is 2.26. The van der Waals surface area contributed by atoms with Crippen molar-refractivity contribution in [1.29, 1.82) is 0 Å². The van der Waals surface area contributed by atoms with Gasteiger partial charge in [0.25, 0.3) is 0 Å². The first-order valence-electron chi connectivity index (χ1n) is 6.37. The van der Waals surface area contributed by atoms with E-state index in [1.807, 2.05) is 4.57 Å². The number of allylic oxidation sites excluding steroid dienone is 2. The summed E-state index contributed by atoms with van der Waals surface area (Å²) in [5.74, 6) is 0.162. The third-order valence-electron chi connectivity index (χ3n) is 3.63. The molecule has 100 valence electrons. The molecule has 1 aromatic heterocycles. The molecule has 0 aliphatic heterocycles. The average molecular weight is 297 g/mol. The number of halogens is 2. The molecule has 2 nitrogen and oxygen atoms in total. The van der Waals surface area contributed by atoms with E-state index in [0.29, 0.717) is 10.7 Å². The van der Waals surface area contributed by atoms with Crippen molar-refractivity contribution in [2.45, 2.75) is 25.8 Å². The molecule has 0 radical (unpaired) electrons. The quantitative estimate of drug-likeness (QED) is 0.621. The van der Waals surface area contributed by atoms with Gasteiger partial charge in [0.2, 0.25) is 0 Å². The van der Waals surface area contributed by atoms with Crippen molar-refractivity contribution in [1.82, 2.24) is 9.55 Å². The van der Waals surface area contributed by atoms with Gasteiger partial charge in [0.1, 0.15) is 5.82 Å². The average Bonchev–Trinajstić information content (AvgIpc) is 2.68. The fourth-order valence-electron chi connectivity index (χ4n) is 2.61. The van der Waals surface area contributed by atoms with Crippen molar-refractivity contribution in [3.05, 3.63) is 39.9 Å². The Labute approximate surface area is 120 Å². The van der Waals surface area contributed by atoms with Crippen LogP contribution in [0.15, 0.2) is 24.3 Å². The van der Waals surface area contributed by atoms with Crippen molar-refractivity contribution >= 4 is 34.9 Å². The zero-order valence-electron chi connectivity index (χ0n) is 10.3. The van der Waals surface area contributed by atoms with E-state index < -0.39 is 5.82 Å². The lowest BCUT2D eigenvalue weighted by Gasteiger charge is -2.18. The summed E-state index contributed by atoms with van der Waals surface area (Å²) >= 11 is 11.1. The second-order valence-electron chi connectivity index (χ2n) is 4.97. The van der Waals surface area contributed by atoms with Crippen LogP contribution in [0.2, 0.25) is 5.02 Å². The maximum atomic E-state index is 13.6. The van der Waals surface area contributed by atoms with Crippen molar-refractivity contribution < 1.29 is 4.39 Å². The van der Waals surface area contributed by atoms with Crippen LogP contribution in [0.4, 0.5) is 4.39 Å². The van der Waals surface area contributed by atoms with E-state index in [-0.39, 0.29) is 5.02 Å². The molecule has 1 heterocycles. The van der Waals surface area contributed by atoms with Gasteiger partial charge in [-0.1, -0.05) is 23.8 Å². The number of nitrogens with one attached hydrogen (secondary N) is 1. The molecule has 1 unspecified atom stereocenters. The molecule has 0 amide bonds. The van der Waals surface area contributed by atoms with Gasteiger partial charge in [-0.05, 0) is 43.5 Å². The van der Waals surface area contributed by atoms with Crippen LogP contribution in [0.5, 0.6) is 0 Å². The van der Waals surface area contributed by atoms with Crippen molar-refractivity contribution in [3.63, 3.8) is 0 Å². The molecule has 5 heteroatoms. The molecule has 1 N–H and O–H groups in total. The summed E-state index contributed by atoms with van der Waals surface area (Å²) in [6, 6.07) is 3.06. The molecule has 1 atom stereocenters. The second kappa shape index (κ2) is 5.10. The van der Waals surface area contributed by atoms with E-state index in [9.17, 15) is 4.39 Å². The van der Waals surface area contributed by atoms with Gasteiger partial charge < -0.3 is 9.55 Å². The Hall–Kier alpha value is -1.13. The number of nitrogens with zero attached hydrogens (tertiary/aromatic N) is 1. The Kier molecular flexibility index (Phi) is 3.46. The highest BCUT2D eigenvalue weighted by atomic mass is 35.5. The van der Waals surface area contributed by atoms with Crippen LogP contribution in [-0.4, -0.2) is 9.55 Å². The molecule has 2 aromatic rings. The van der Waals surface area contributed by atoms with Gasteiger partial charge in [-0.25, -0.2) is 4.39 Å². The number of hydrogen-bond acceptors (Lipinski definition) is 1. The van der Waals surface area contributed by atoms with Crippen LogP contribution in [0, 0.1) is 16.5 Å². The summed E-state index contributed by atoms with van der Waals surface area (Å²) in [7, 11) is 0. The molecule has 0 bridgehead atoms. The van der Waals surface area contributed by atoms with E-state index in [1.54, 1.807) is 6.07 Å². The van der Waals surface area contributed by atoms with Gasteiger partial charge in [0, 0.05) is 12.6 Å². The molecule has 0 spiro atoms. The molecular weight excluding hydrogens is 283 g/mol. The summed E-state index contributed by atoms with van der Waals surface area (Å²) in [5.41, 5.74) is 1.59. The Morgan fingerprint density at radius 2 is 2.26 bits per heavy atom. The van der Waals surface area contributed by atoms with Gasteiger partial charge >= 0.3 is 0 Å². The van der Waals surface area contributed by atoms with E-state index >= 15 is 0 Å². The number of fused-ring (bicyclic) bond motifs is 1. The van der Waals surface area contributed by atoms with Gasteiger partial charge in [-0.2, -0.15) is 0 Å². The standard InChI is InChI=1S/C14H14ClFN2S/c15-10-6-12-13(7-11(10)16)18(14(19)17-12)8-9-4-2-1-3-5-9/h1-2,6-7,9H,3-5,8H2,(H,17,19). The van der Waals surface area contributed by atoms with E-state index in [0.717, 1.165) is 36.8 Å². The number of benzene rings is 1. The van der Waals surface area contributed by atoms with Crippen molar-refractivity contribution in [3.8, 4) is 0 Å². The minimum Gasteiger partial charge on any atom is -0.331 e. The minimum absolute atomic E-state index is 0.122. The predicted molar refractivity (Wildman–Crippen MR) is 78.6 cm³/mol. The Bertz CT molecular complexity index is 701. The highest BCUT2D eigenvalue weighted by molar-refractivity contribution is 7.71. The monoisotopic (exact) mass is 296 g/mol. The van der Waals surface area contributed by atoms with Gasteiger partial charge in [0.15, 0.2) is 4.77 Å². The summed E-state index contributed by atoms with van der Waals surface area (Å²) in [5, 5.41) is 0.122. The fraction of sp³-hybridized carbons (Fsp3) is 0.357. The van der Waals surface area contributed by atoms with Crippen LogP contribution in [0.1, 0.15) is 19.3 Å². The molecule has 1 aliphatic carbocycles. The first kappa shape index (κ1) is 12.9. The van der Waals surface area contributed by atoms with Gasteiger partial charge in [0.05, 0.1) is 16.1 Å². The topological polar surface area (TPSA) is 20.7 Å². The van der Waals surface area contributed by atoms with Gasteiger partial charge in [-0.3, -0.25) is 0 Å². The van der Waals surface area contributed by atoms with Crippen molar-refractivity contribution in [2.75, 3.05) is 0 Å². The lowest BCUT2D eigenvalue weighted by molar-refractivity contribution is 0.413. The van der Waals surface area contributed by atoms with Crippen LogP contribution in [0.3, 0.4) is 0 Å². The van der Waals surface area contributed by atoms with Crippen LogP contribution >= 0.6 is 23.8 Å². The highest BCUT2D eigenvalue weighted by Gasteiger charge is 2.14. The van der Waals surface area contributed by atoms with E-state index in [4.69, 9.17) is 23.8 Å². The molecule has 3 rings (SSSR count). The molecule has 0 saturated heterocycles. The van der Waals surface area contributed by atoms with Crippen LogP contribution in [-0.2, 0) is 6.54 Å². The fourth-order valence-corrected chi connectivity index (χ4v) is 3.06. The summed E-state index contributed by atoms with van der Waals surface area (Å²) < 4.78 is 16.2. The maximum absolute atomic E-state index is 13.6. The number of hydrogen-bond donors (Lipinski definition) is 1. The molecule has 0 fully saturated rings. The lowest BCUT2D eigenvalue weighted by atomic mass is 9.94. The SMILES string of the molecule is Fc1cc2c(cc1Cl)[nH]c(=S)n2CC1CC=CCC1. The first-order valence-corrected chi connectivity index (χ1v) is 7.16. The van der Waals surface area contributed by atoms with E-state index in [1.165, 1.54) is 6.07 Å². The molecule has 0 saturated carbocycles. The summed E-state index contributed by atoms with van der Waals surface area (Å²) in [6.45, 7) is 0.824. The minimum atomic E-state index is -0.402. The Morgan fingerprint density at radius 1 is 1.42 bits per heavy atom. The zero-order valence-corrected chi connectivity index (χ0v) is 11.9. The second-order valence-corrected chi connectivity index (χ2v) is 5.77. The molecule has 1 aliphatic rings. The Morgan fingerprint density at radius 3 is 3.00 bits per heavy atom. The predicted octanol–water partition coefficient (Wildman–Crippen LogP) is 4.85. The third-order valence-corrected chi connectivity index (χ3v) is 4.25. The third kappa shape index (κ3) is 2.47. The van der Waals surface area contributed by atoms with Crippen molar-refractivity contribution in [2.24, 2.45) is 5.92 Å². The number of aromatic amines is 1. The zero-order chi connectivity index (χ0) is 13.4. The number of H-pyrrole nitrogens is 1. The van der Waals surface area contributed by atoms with Gasteiger partial charge in [-0.15, -0.1) is 0 Å². The summed E-state index contributed by atoms with van der Waals surface area (Å²) in [4.78, 5) is 3.09.